The van der Waals surface area contributed by atoms with Crippen LogP contribution in [0.4, 0.5) is 10.3 Å². The molecule has 2 aromatic heterocycles. The molecule has 1 aliphatic heterocycles. The van der Waals surface area contributed by atoms with Crippen molar-refractivity contribution >= 4 is 22.8 Å². The minimum absolute atomic E-state index is 0.0122. The van der Waals surface area contributed by atoms with Gasteiger partial charge in [0.05, 0.1) is 24.9 Å². The van der Waals surface area contributed by atoms with Crippen LogP contribution in [0.25, 0.3) is 22.0 Å². The molecule has 1 amide bonds. The van der Waals surface area contributed by atoms with E-state index < -0.39 is 0 Å². The molecule has 0 bridgehead atoms. The molecular weight excluding hydrogens is 385 g/mol. The molecule has 0 atom stereocenters. The summed E-state index contributed by atoms with van der Waals surface area (Å²) in [6.07, 6.45) is 6.18. The normalized spacial score (nSPS) is 21.9. The van der Waals surface area contributed by atoms with E-state index in [1.54, 1.807) is 12.4 Å². The lowest BCUT2D eigenvalue weighted by atomic mass is 9.78. The number of nitrogens with zero attached hydrogens (tertiary/aromatic N) is 4. The van der Waals surface area contributed by atoms with Gasteiger partial charge in [0.15, 0.2) is 0 Å². The zero-order valence-corrected chi connectivity index (χ0v) is 16.4. The van der Waals surface area contributed by atoms with E-state index in [0.717, 1.165) is 50.1 Å². The molecule has 7 nitrogen and oxygen atoms in total. The summed E-state index contributed by atoms with van der Waals surface area (Å²) in [5.74, 6) is -0.151. The van der Waals surface area contributed by atoms with Crippen LogP contribution in [0.2, 0.25) is 0 Å². The lowest BCUT2D eigenvalue weighted by Gasteiger charge is -2.43. The van der Waals surface area contributed by atoms with Crippen molar-refractivity contribution in [2.45, 2.75) is 18.9 Å². The van der Waals surface area contributed by atoms with Crippen molar-refractivity contribution in [3.63, 3.8) is 0 Å². The lowest BCUT2D eigenvalue weighted by molar-refractivity contribution is -0.125. The highest BCUT2D eigenvalue weighted by atomic mass is 19.1. The van der Waals surface area contributed by atoms with E-state index in [1.807, 2.05) is 18.2 Å². The highest BCUT2D eigenvalue weighted by Crippen LogP contribution is 2.33. The number of fused-ring (bicyclic) bond motifs is 1. The van der Waals surface area contributed by atoms with E-state index in [1.165, 1.54) is 12.3 Å². The Morgan fingerprint density at radius 2 is 1.93 bits per heavy atom. The fourth-order valence-electron chi connectivity index (χ4n) is 4.09. The van der Waals surface area contributed by atoms with Gasteiger partial charge in [-0.15, -0.1) is 0 Å². The number of ether oxygens (including phenoxy) is 1. The van der Waals surface area contributed by atoms with Crippen molar-refractivity contribution in [1.82, 2.24) is 19.9 Å². The number of anilines is 1. The van der Waals surface area contributed by atoms with Crippen LogP contribution in [0.15, 0.2) is 42.9 Å². The maximum absolute atomic E-state index is 13.5. The monoisotopic (exact) mass is 407 g/mol. The fraction of sp³-hybridized carbons (Fsp3) is 0.364. The van der Waals surface area contributed by atoms with Crippen molar-refractivity contribution in [2.75, 3.05) is 31.6 Å². The summed E-state index contributed by atoms with van der Waals surface area (Å²) in [5.41, 5.74) is 2.16. The van der Waals surface area contributed by atoms with E-state index in [4.69, 9.17) is 4.74 Å². The zero-order valence-electron chi connectivity index (χ0n) is 16.4. The molecule has 0 unspecified atom stereocenters. The summed E-state index contributed by atoms with van der Waals surface area (Å²) in [4.78, 5) is 27.7. The van der Waals surface area contributed by atoms with E-state index in [-0.39, 0.29) is 23.6 Å². The molecule has 1 saturated carbocycles. The molecule has 2 fully saturated rings. The molecule has 3 aromatic rings. The van der Waals surface area contributed by atoms with E-state index in [2.05, 4.69) is 25.2 Å². The average molecular weight is 407 g/mol. The maximum atomic E-state index is 13.5. The van der Waals surface area contributed by atoms with Crippen LogP contribution in [-0.4, -0.2) is 58.1 Å². The Kier molecular flexibility index (Phi) is 5.10. The first-order valence-electron chi connectivity index (χ1n) is 10.2. The van der Waals surface area contributed by atoms with Crippen LogP contribution in [0.5, 0.6) is 0 Å². The van der Waals surface area contributed by atoms with Gasteiger partial charge >= 0.3 is 0 Å². The summed E-state index contributed by atoms with van der Waals surface area (Å²) >= 11 is 0. The van der Waals surface area contributed by atoms with Crippen LogP contribution in [0, 0.1) is 11.7 Å². The number of pyridine rings is 1. The zero-order chi connectivity index (χ0) is 20.5. The molecule has 2 aliphatic rings. The summed E-state index contributed by atoms with van der Waals surface area (Å²) < 4.78 is 18.9. The molecule has 3 heterocycles. The molecule has 30 heavy (non-hydrogen) atoms. The number of benzene rings is 1. The molecule has 1 aliphatic carbocycles. The Balaban J connectivity index is 1.27. The highest BCUT2D eigenvalue weighted by Gasteiger charge is 2.38. The topological polar surface area (TPSA) is 80.2 Å². The van der Waals surface area contributed by atoms with Gasteiger partial charge in [-0.2, -0.15) is 0 Å². The quantitative estimate of drug-likeness (QED) is 0.716. The Hall–Kier alpha value is -2.97. The molecule has 0 spiro atoms. The number of amides is 1. The van der Waals surface area contributed by atoms with E-state index in [9.17, 15) is 9.18 Å². The molecule has 0 radical (unpaired) electrons. The second kappa shape index (κ2) is 8.04. The summed E-state index contributed by atoms with van der Waals surface area (Å²) in [6, 6.07) is 7.49. The summed E-state index contributed by atoms with van der Waals surface area (Å²) in [7, 11) is 0. The number of nitrogens with one attached hydrogen (secondary N) is 1. The second-order valence-corrected chi connectivity index (χ2v) is 7.82. The van der Waals surface area contributed by atoms with Gasteiger partial charge in [0.2, 0.25) is 11.9 Å². The molecule has 154 valence electrons. The molecule has 1 aromatic carbocycles. The van der Waals surface area contributed by atoms with E-state index in [0.29, 0.717) is 17.1 Å². The number of hydrogen-bond acceptors (Lipinski definition) is 6. The van der Waals surface area contributed by atoms with Crippen molar-refractivity contribution in [3.8, 4) is 11.1 Å². The van der Waals surface area contributed by atoms with Gasteiger partial charge in [-0.05, 0) is 30.5 Å². The summed E-state index contributed by atoms with van der Waals surface area (Å²) in [5, 5.41) is 3.70. The van der Waals surface area contributed by atoms with Gasteiger partial charge in [0.25, 0.3) is 0 Å². The maximum Gasteiger partial charge on any atom is 0.229 e. The van der Waals surface area contributed by atoms with Gasteiger partial charge in [0, 0.05) is 48.4 Å². The number of morpholine rings is 1. The predicted octanol–water partition coefficient (Wildman–Crippen LogP) is 2.88. The lowest BCUT2D eigenvalue weighted by Crippen LogP contribution is -2.52. The first-order valence-corrected chi connectivity index (χ1v) is 10.2. The average Bonchev–Trinajstić information content (AvgIpc) is 2.73. The van der Waals surface area contributed by atoms with Gasteiger partial charge in [-0.25, -0.2) is 14.4 Å². The van der Waals surface area contributed by atoms with Crippen LogP contribution < -0.4 is 5.32 Å². The van der Waals surface area contributed by atoms with Crippen molar-refractivity contribution < 1.29 is 13.9 Å². The van der Waals surface area contributed by atoms with Crippen molar-refractivity contribution in [1.29, 1.82) is 0 Å². The molecule has 5 rings (SSSR count). The molecule has 1 saturated heterocycles. The van der Waals surface area contributed by atoms with Crippen LogP contribution in [-0.2, 0) is 9.53 Å². The van der Waals surface area contributed by atoms with Crippen LogP contribution >= 0.6 is 0 Å². The van der Waals surface area contributed by atoms with Gasteiger partial charge in [-0.1, -0.05) is 12.1 Å². The molecular formula is C22H22FN5O2. The third kappa shape index (κ3) is 3.88. The van der Waals surface area contributed by atoms with E-state index >= 15 is 0 Å². The van der Waals surface area contributed by atoms with Crippen LogP contribution in [0.1, 0.15) is 12.8 Å². The smallest absolute Gasteiger partial charge is 0.229 e. The molecule has 1 N–H and O–H groups in total. The van der Waals surface area contributed by atoms with Gasteiger partial charge in [-0.3, -0.25) is 20.0 Å². The number of hydrogen-bond donors (Lipinski definition) is 1. The number of rotatable bonds is 4. The first kappa shape index (κ1) is 19.0. The Morgan fingerprint density at radius 1 is 1.10 bits per heavy atom. The second-order valence-electron chi connectivity index (χ2n) is 7.82. The Bertz CT molecular complexity index is 1080. The number of carbonyl (C=O) groups excluding carboxylic acids is 1. The Labute approximate surface area is 173 Å². The highest BCUT2D eigenvalue weighted by molar-refractivity contribution is 5.93. The third-order valence-corrected chi connectivity index (χ3v) is 5.90. The number of halogens is 1. The van der Waals surface area contributed by atoms with Crippen molar-refractivity contribution in [2.24, 2.45) is 5.92 Å². The SMILES string of the molecule is O=C(Nc1ncc2ccc(-c3cncc(F)c3)cc2n1)C1CC(N2CCOCC2)C1. The van der Waals surface area contributed by atoms with Gasteiger partial charge in [0.1, 0.15) is 5.82 Å². The van der Waals surface area contributed by atoms with Gasteiger partial charge < -0.3 is 4.74 Å². The third-order valence-electron chi connectivity index (χ3n) is 5.90. The fourth-order valence-corrected chi connectivity index (χ4v) is 4.09. The minimum Gasteiger partial charge on any atom is -0.379 e. The Morgan fingerprint density at radius 3 is 2.73 bits per heavy atom. The summed E-state index contributed by atoms with van der Waals surface area (Å²) in [6.45, 7) is 3.42. The number of aromatic nitrogens is 3. The number of carbonyl (C=O) groups is 1. The largest absolute Gasteiger partial charge is 0.379 e. The van der Waals surface area contributed by atoms with Crippen LogP contribution in [0.3, 0.4) is 0 Å². The first-order chi connectivity index (χ1) is 14.7. The van der Waals surface area contributed by atoms with Crippen molar-refractivity contribution in [3.05, 3.63) is 48.7 Å². The molecule has 8 heteroatoms. The minimum atomic E-state index is -0.390. The predicted molar refractivity (Wildman–Crippen MR) is 110 cm³/mol. The standard InChI is InChI=1S/C22H22FN5O2/c23-18-7-17(11-24-13-18)14-1-2-15-12-25-22(26-20(15)10-14)27-21(29)16-8-19(9-16)28-3-5-30-6-4-28/h1-2,7,10-13,16,19H,3-6,8-9H2,(H,25,26,27,29).